The van der Waals surface area contributed by atoms with Crippen molar-refractivity contribution in [3.8, 4) is 0 Å². The number of imidazole rings is 1. The average Bonchev–Trinajstić information content (AvgIpc) is 3.08. The van der Waals surface area contributed by atoms with Crippen molar-refractivity contribution in [3.05, 3.63) is 50.4 Å². The minimum atomic E-state index is -0.222. The Hall–Kier alpha value is -2.08. The van der Waals surface area contributed by atoms with E-state index >= 15 is 0 Å². The standard InChI is InChI=1S/C14H15ClN4O2/c1-8-9-4-19(13(20)10-5-17(2)7-16-10)6-11(9)18(3)14(21)12(8)15/h5,7H,4,6H2,1-3H3. The molecule has 2 aromatic rings. The number of carbonyl (C=O) groups excluding carboxylic acids is 1. The van der Waals surface area contributed by atoms with E-state index in [1.165, 1.54) is 4.57 Å². The number of aryl methyl sites for hydroxylation is 1. The molecular weight excluding hydrogens is 292 g/mol. The van der Waals surface area contributed by atoms with E-state index in [1.807, 2.05) is 14.0 Å². The van der Waals surface area contributed by atoms with Gasteiger partial charge in [-0.1, -0.05) is 11.6 Å². The summed E-state index contributed by atoms with van der Waals surface area (Å²) >= 11 is 6.06. The maximum atomic E-state index is 12.5. The van der Waals surface area contributed by atoms with Crippen LogP contribution >= 0.6 is 11.6 Å². The van der Waals surface area contributed by atoms with Crippen molar-refractivity contribution in [2.75, 3.05) is 0 Å². The maximum Gasteiger partial charge on any atom is 0.274 e. The second-order valence-corrected chi connectivity index (χ2v) is 5.69. The molecule has 0 bridgehead atoms. The largest absolute Gasteiger partial charge is 0.340 e. The van der Waals surface area contributed by atoms with E-state index < -0.39 is 0 Å². The first-order valence-electron chi connectivity index (χ1n) is 6.54. The van der Waals surface area contributed by atoms with Gasteiger partial charge < -0.3 is 14.0 Å². The topological polar surface area (TPSA) is 60.1 Å². The summed E-state index contributed by atoms with van der Waals surface area (Å²) in [7, 11) is 3.50. The summed E-state index contributed by atoms with van der Waals surface area (Å²) < 4.78 is 3.25. The highest BCUT2D eigenvalue weighted by atomic mass is 35.5. The molecule has 0 unspecified atom stereocenters. The van der Waals surface area contributed by atoms with Crippen molar-refractivity contribution in [3.63, 3.8) is 0 Å². The third kappa shape index (κ3) is 2.06. The first-order chi connectivity index (χ1) is 9.90. The molecule has 2 aromatic heterocycles. The molecule has 3 rings (SSSR count). The lowest BCUT2D eigenvalue weighted by molar-refractivity contribution is 0.0744. The third-order valence-corrected chi connectivity index (χ3v) is 4.37. The number of carbonyl (C=O) groups is 1. The number of hydrogen-bond acceptors (Lipinski definition) is 3. The number of fused-ring (bicyclic) bond motifs is 1. The SMILES string of the molecule is Cc1c2c(n(C)c(=O)c1Cl)CN(C(=O)c1cn(C)cn1)C2. The van der Waals surface area contributed by atoms with Crippen molar-refractivity contribution in [2.24, 2.45) is 14.1 Å². The van der Waals surface area contributed by atoms with Crippen LogP contribution in [-0.4, -0.2) is 24.9 Å². The molecule has 1 aliphatic rings. The van der Waals surface area contributed by atoms with Crippen LogP contribution in [0.5, 0.6) is 0 Å². The monoisotopic (exact) mass is 306 g/mol. The number of pyridine rings is 1. The van der Waals surface area contributed by atoms with E-state index in [9.17, 15) is 9.59 Å². The van der Waals surface area contributed by atoms with Crippen molar-refractivity contribution in [2.45, 2.75) is 20.0 Å². The Labute approximate surface area is 126 Å². The zero-order chi connectivity index (χ0) is 15.3. The molecule has 0 saturated heterocycles. The van der Waals surface area contributed by atoms with Gasteiger partial charge in [0.05, 0.1) is 12.9 Å². The van der Waals surface area contributed by atoms with E-state index in [-0.39, 0.29) is 16.5 Å². The van der Waals surface area contributed by atoms with Gasteiger partial charge in [0.15, 0.2) is 0 Å². The molecule has 0 aliphatic carbocycles. The lowest BCUT2D eigenvalue weighted by Crippen LogP contribution is -2.26. The molecule has 0 radical (unpaired) electrons. The second kappa shape index (κ2) is 4.73. The molecule has 0 aromatic carbocycles. The number of hydrogen-bond donors (Lipinski definition) is 0. The number of halogens is 1. The predicted octanol–water partition coefficient (Wildman–Crippen LogP) is 1.24. The van der Waals surface area contributed by atoms with Crippen LogP contribution in [0.15, 0.2) is 17.3 Å². The first-order valence-corrected chi connectivity index (χ1v) is 6.92. The normalized spacial score (nSPS) is 13.6. The fraction of sp³-hybridized carbons (Fsp3) is 0.357. The van der Waals surface area contributed by atoms with E-state index in [0.717, 1.165) is 16.8 Å². The Balaban J connectivity index is 1.99. The Kier molecular flexibility index (Phi) is 3.13. The van der Waals surface area contributed by atoms with Crippen LogP contribution in [0.3, 0.4) is 0 Å². The van der Waals surface area contributed by atoms with Crippen LogP contribution in [0.2, 0.25) is 5.02 Å². The van der Waals surface area contributed by atoms with Crippen LogP contribution < -0.4 is 5.56 Å². The number of amides is 1. The van der Waals surface area contributed by atoms with Crippen LogP contribution in [0, 0.1) is 6.92 Å². The van der Waals surface area contributed by atoms with Gasteiger partial charge in [0.1, 0.15) is 10.7 Å². The maximum absolute atomic E-state index is 12.5. The van der Waals surface area contributed by atoms with Crippen LogP contribution in [0.1, 0.15) is 27.3 Å². The lowest BCUT2D eigenvalue weighted by atomic mass is 10.1. The minimum Gasteiger partial charge on any atom is -0.340 e. The highest BCUT2D eigenvalue weighted by molar-refractivity contribution is 6.31. The van der Waals surface area contributed by atoms with Gasteiger partial charge in [-0.2, -0.15) is 0 Å². The predicted molar refractivity (Wildman–Crippen MR) is 78.2 cm³/mol. The van der Waals surface area contributed by atoms with Crippen LogP contribution in [0.25, 0.3) is 0 Å². The Bertz CT molecular complexity index is 806. The smallest absolute Gasteiger partial charge is 0.274 e. The molecule has 3 heterocycles. The summed E-state index contributed by atoms with van der Waals surface area (Å²) in [6.07, 6.45) is 3.28. The van der Waals surface area contributed by atoms with Gasteiger partial charge in [-0.25, -0.2) is 4.98 Å². The lowest BCUT2D eigenvalue weighted by Gasteiger charge is -2.13. The fourth-order valence-corrected chi connectivity index (χ4v) is 2.89. The van der Waals surface area contributed by atoms with Gasteiger partial charge in [0.25, 0.3) is 11.5 Å². The quantitative estimate of drug-likeness (QED) is 0.796. The third-order valence-electron chi connectivity index (χ3n) is 3.93. The van der Waals surface area contributed by atoms with Gasteiger partial charge in [0.2, 0.25) is 0 Å². The van der Waals surface area contributed by atoms with Crippen LogP contribution in [0.4, 0.5) is 0 Å². The number of nitrogens with zero attached hydrogens (tertiary/aromatic N) is 4. The zero-order valence-electron chi connectivity index (χ0n) is 12.1. The summed E-state index contributed by atoms with van der Waals surface area (Å²) in [4.78, 5) is 30.2. The fourth-order valence-electron chi connectivity index (χ4n) is 2.65. The summed E-state index contributed by atoms with van der Waals surface area (Å²) in [6, 6.07) is 0. The molecule has 0 fully saturated rings. The summed E-state index contributed by atoms with van der Waals surface area (Å²) in [5.41, 5.74) is 2.72. The summed E-state index contributed by atoms with van der Waals surface area (Å²) in [6.45, 7) is 2.66. The molecular formula is C14H15ClN4O2. The van der Waals surface area contributed by atoms with Gasteiger partial charge in [-0.15, -0.1) is 0 Å². The van der Waals surface area contributed by atoms with E-state index in [1.54, 1.807) is 29.0 Å². The molecule has 1 aliphatic heterocycles. The van der Waals surface area contributed by atoms with E-state index in [0.29, 0.717) is 18.8 Å². The summed E-state index contributed by atoms with van der Waals surface area (Å²) in [5, 5.41) is 0.225. The van der Waals surface area contributed by atoms with Crippen molar-refractivity contribution >= 4 is 17.5 Å². The molecule has 0 spiro atoms. The molecule has 110 valence electrons. The van der Waals surface area contributed by atoms with Crippen molar-refractivity contribution in [1.29, 1.82) is 0 Å². The van der Waals surface area contributed by atoms with Gasteiger partial charge in [0, 0.05) is 32.5 Å². The van der Waals surface area contributed by atoms with Crippen molar-refractivity contribution < 1.29 is 4.79 Å². The molecule has 0 N–H and O–H groups in total. The molecule has 21 heavy (non-hydrogen) atoms. The second-order valence-electron chi connectivity index (χ2n) is 5.31. The van der Waals surface area contributed by atoms with E-state index in [2.05, 4.69) is 4.98 Å². The first kappa shape index (κ1) is 13.9. The highest BCUT2D eigenvalue weighted by Crippen LogP contribution is 2.28. The average molecular weight is 307 g/mol. The summed E-state index contributed by atoms with van der Waals surface area (Å²) in [5.74, 6) is -0.144. The van der Waals surface area contributed by atoms with Crippen molar-refractivity contribution in [1.82, 2.24) is 19.0 Å². The minimum absolute atomic E-state index is 0.144. The highest BCUT2D eigenvalue weighted by Gasteiger charge is 2.30. The van der Waals surface area contributed by atoms with Crippen LogP contribution in [-0.2, 0) is 27.2 Å². The molecule has 0 atom stereocenters. The Morgan fingerprint density at radius 3 is 2.67 bits per heavy atom. The molecule has 6 nitrogen and oxygen atoms in total. The van der Waals surface area contributed by atoms with Gasteiger partial charge >= 0.3 is 0 Å². The zero-order valence-corrected chi connectivity index (χ0v) is 12.8. The molecule has 7 heteroatoms. The van der Waals surface area contributed by atoms with E-state index in [4.69, 9.17) is 11.6 Å². The Morgan fingerprint density at radius 1 is 1.33 bits per heavy atom. The molecule has 0 saturated carbocycles. The van der Waals surface area contributed by atoms with Gasteiger partial charge in [-0.05, 0) is 18.1 Å². The number of rotatable bonds is 1. The Morgan fingerprint density at radius 2 is 2.05 bits per heavy atom. The molecule has 1 amide bonds. The number of aromatic nitrogens is 3. The van der Waals surface area contributed by atoms with Gasteiger partial charge in [-0.3, -0.25) is 9.59 Å².